The summed E-state index contributed by atoms with van der Waals surface area (Å²) in [6, 6.07) is 17.6. The number of anilines is 1. The van der Waals surface area contributed by atoms with Gasteiger partial charge in [0.1, 0.15) is 0 Å². The Balaban J connectivity index is 1.71. The molecule has 0 saturated carbocycles. The molecule has 0 bridgehead atoms. The van der Waals surface area contributed by atoms with Gasteiger partial charge in [-0.3, -0.25) is 0 Å². The number of nitrogens with zero attached hydrogens (tertiary/aromatic N) is 2. The van der Waals surface area contributed by atoms with Gasteiger partial charge in [-0.25, -0.2) is 4.79 Å². The zero-order chi connectivity index (χ0) is 18.3. The van der Waals surface area contributed by atoms with Crippen LogP contribution in [0.2, 0.25) is 5.02 Å². The lowest BCUT2D eigenvalue weighted by Crippen LogP contribution is -2.36. The highest BCUT2D eigenvalue weighted by Crippen LogP contribution is 2.32. The summed E-state index contributed by atoms with van der Waals surface area (Å²) < 4.78 is 2.16. The molecule has 2 aromatic carbocycles. The van der Waals surface area contributed by atoms with Crippen LogP contribution in [0, 0.1) is 6.92 Å². The number of rotatable bonds is 1. The first-order chi connectivity index (χ1) is 12.5. The van der Waals surface area contributed by atoms with E-state index in [2.05, 4.69) is 35.0 Å². The number of urea groups is 1. The Morgan fingerprint density at radius 2 is 1.96 bits per heavy atom. The summed E-state index contributed by atoms with van der Waals surface area (Å²) in [7, 11) is 0. The number of hydrogen-bond acceptors (Lipinski definition) is 1. The fourth-order valence-corrected chi connectivity index (χ4v) is 3.65. The second-order valence-corrected chi connectivity index (χ2v) is 7.06. The van der Waals surface area contributed by atoms with Crippen LogP contribution in [-0.2, 0) is 6.54 Å². The molecule has 0 fully saturated rings. The van der Waals surface area contributed by atoms with Crippen molar-refractivity contribution in [2.75, 3.05) is 5.32 Å². The molecule has 4 nitrogen and oxygen atoms in total. The summed E-state index contributed by atoms with van der Waals surface area (Å²) in [5, 5.41) is 3.63. The minimum Gasteiger partial charge on any atom is -0.318 e. The number of carbonyl (C=O) groups excluding carboxylic acids is 1. The minimum atomic E-state index is -0.132. The van der Waals surface area contributed by atoms with E-state index in [0.29, 0.717) is 11.6 Å². The highest BCUT2D eigenvalue weighted by Gasteiger charge is 2.28. The van der Waals surface area contributed by atoms with Crippen molar-refractivity contribution in [3.8, 4) is 5.69 Å². The Hall–Kier alpha value is -2.72. The van der Waals surface area contributed by atoms with Crippen molar-refractivity contribution in [3.05, 3.63) is 82.6 Å². The van der Waals surface area contributed by atoms with Gasteiger partial charge in [0.25, 0.3) is 0 Å². The Morgan fingerprint density at radius 3 is 2.81 bits per heavy atom. The van der Waals surface area contributed by atoms with Gasteiger partial charge in [0.15, 0.2) is 0 Å². The van der Waals surface area contributed by atoms with Crippen LogP contribution >= 0.6 is 11.6 Å². The number of benzene rings is 2. The van der Waals surface area contributed by atoms with Gasteiger partial charge in [-0.2, -0.15) is 0 Å². The van der Waals surface area contributed by atoms with Crippen molar-refractivity contribution in [2.45, 2.75) is 26.4 Å². The standard InChI is InChI=1S/C21H20ClN3O/c1-14-9-10-17(22)12-18(14)23-21(26)25-13-16-6-3-4-7-20(16)24-11-5-8-19(24)15(25)2/h3-12,15H,13H2,1-2H3,(H,23,26). The highest BCUT2D eigenvalue weighted by molar-refractivity contribution is 6.31. The molecule has 0 radical (unpaired) electrons. The van der Waals surface area contributed by atoms with Gasteiger partial charge in [0.2, 0.25) is 0 Å². The Kier molecular flexibility index (Phi) is 4.21. The maximum Gasteiger partial charge on any atom is 0.322 e. The van der Waals surface area contributed by atoms with E-state index in [9.17, 15) is 4.79 Å². The van der Waals surface area contributed by atoms with E-state index in [1.54, 1.807) is 6.07 Å². The van der Waals surface area contributed by atoms with E-state index in [0.717, 1.165) is 28.2 Å². The third kappa shape index (κ3) is 2.86. The lowest BCUT2D eigenvalue weighted by molar-refractivity contribution is 0.189. The van der Waals surface area contributed by atoms with Gasteiger partial charge in [0, 0.05) is 22.6 Å². The molecule has 1 aromatic heterocycles. The molecule has 0 aliphatic carbocycles. The molecule has 0 spiro atoms. The quantitative estimate of drug-likeness (QED) is 0.603. The molecule has 0 saturated heterocycles. The highest BCUT2D eigenvalue weighted by atomic mass is 35.5. The molecule has 2 amide bonds. The summed E-state index contributed by atoms with van der Waals surface area (Å²) in [5.74, 6) is 0. The topological polar surface area (TPSA) is 37.3 Å². The van der Waals surface area contributed by atoms with Crippen LogP contribution in [0.3, 0.4) is 0 Å². The van der Waals surface area contributed by atoms with Crippen LogP contribution in [0.5, 0.6) is 0 Å². The lowest BCUT2D eigenvalue weighted by Gasteiger charge is -2.28. The monoisotopic (exact) mass is 365 g/mol. The van der Waals surface area contributed by atoms with Gasteiger partial charge >= 0.3 is 6.03 Å². The molecule has 3 aromatic rings. The fraction of sp³-hybridized carbons (Fsp3) is 0.190. The Labute approximate surface area is 158 Å². The Bertz CT molecular complexity index is 979. The fourth-order valence-electron chi connectivity index (χ4n) is 3.48. The molecular weight excluding hydrogens is 346 g/mol. The summed E-state index contributed by atoms with van der Waals surface area (Å²) in [6.45, 7) is 4.56. The minimum absolute atomic E-state index is 0.0584. The molecule has 5 heteroatoms. The number of para-hydroxylation sites is 1. The average Bonchev–Trinajstić information content (AvgIpc) is 3.08. The zero-order valence-corrected chi connectivity index (χ0v) is 15.5. The number of halogens is 1. The Morgan fingerprint density at radius 1 is 1.15 bits per heavy atom. The smallest absolute Gasteiger partial charge is 0.318 e. The van der Waals surface area contributed by atoms with Gasteiger partial charge < -0.3 is 14.8 Å². The SMILES string of the molecule is Cc1ccc(Cl)cc1NC(=O)N1Cc2ccccc2-n2cccc2C1C. The molecule has 1 atom stereocenters. The number of amides is 2. The van der Waals surface area contributed by atoms with Crippen LogP contribution in [0.15, 0.2) is 60.8 Å². The van der Waals surface area contributed by atoms with E-state index < -0.39 is 0 Å². The molecule has 26 heavy (non-hydrogen) atoms. The van der Waals surface area contributed by atoms with E-state index in [1.165, 1.54) is 0 Å². The largest absolute Gasteiger partial charge is 0.322 e. The predicted molar refractivity (Wildman–Crippen MR) is 105 cm³/mol. The summed E-state index contributed by atoms with van der Waals surface area (Å²) in [6.07, 6.45) is 2.05. The summed E-state index contributed by atoms with van der Waals surface area (Å²) in [4.78, 5) is 15.0. The molecular formula is C21H20ClN3O. The van der Waals surface area contributed by atoms with Gasteiger partial charge in [-0.1, -0.05) is 35.9 Å². The molecule has 4 rings (SSSR count). The summed E-state index contributed by atoms with van der Waals surface area (Å²) >= 11 is 6.09. The number of aromatic nitrogens is 1. The molecule has 1 N–H and O–H groups in total. The molecule has 1 unspecified atom stereocenters. The third-order valence-electron chi connectivity index (χ3n) is 4.97. The van der Waals surface area contributed by atoms with Crippen LogP contribution < -0.4 is 5.32 Å². The van der Waals surface area contributed by atoms with Gasteiger partial charge in [0.05, 0.1) is 18.3 Å². The number of fused-ring (bicyclic) bond motifs is 3. The zero-order valence-electron chi connectivity index (χ0n) is 14.7. The van der Waals surface area contributed by atoms with Crippen LogP contribution in [-0.4, -0.2) is 15.5 Å². The van der Waals surface area contributed by atoms with E-state index in [-0.39, 0.29) is 12.1 Å². The molecule has 1 aliphatic heterocycles. The first-order valence-electron chi connectivity index (χ1n) is 8.64. The third-order valence-corrected chi connectivity index (χ3v) is 5.20. The van der Waals surface area contributed by atoms with Crippen molar-refractivity contribution in [2.24, 2.45) is 0 Å². The van der Waals surface area contributed by atoms with E-state index in [4.69, 9.17) is 11.6 Å². The number of carbonyl (C=O) groups is 1. The lowest BCUT2D eigenvalue weighted by atomic mass is 10.1. The summed E-state index contributed by atoms with van der Waals surface area (Å²) in [5.41, 5.74) is 5.05. The second kappa shape index (κ2) is 6.54. The second-order valence-electron chi connectivity index (χ2n) is 6.63. The number of aryl methyl sites for hydroxylation is 1. The van der Waals surface area contributed by atoms with E-state index >= 15 is 0 Å². The predicted octanol–water partition coefficient (Wildman–Crippen LogP) is 5.55. The van der Waals surface area contributed by atoms with Crippen molar-refractivity contribution in [3.63, 3.8) is 0 Å². The maximum atomic E-state index is 13.1. The van der Waals surface area contributed by atoms with Crippen LogP contribution in [0.4, 0.5) is 10.5 Å². The molecule has 2 heterocycles. The van der Waals surface area contributed by atoms with Crippen molar-refractivity contribution < 1.29 is 4.79 Å². The number of nitrogens with one attached hydrogen (secondary N) is 1. The van der Waals surface area contributed by atoms with Crippen molar-refractivity contribution >= 4 is 23.3 Å². The van der Waals surface area contributed by atoms with Crippen LogP contribution in [0.25, 0.3) is 5.69 Å². The normalized spacial score (nSPS) is 15.8. The molecule has 1 aliphatic rings. The first-order valence-corrected chi connectivity index (χ1v) is 9.01. The average molecular weight is 366 g/mol. The number of hydrogen-bond donors (Lipinski definition) is 1. The maximum absolute atomic E-state index is 13.1. The van der Waals surface area contributed by atoms with Gasteiger partial charge in [-0.05, 0) is 55.3 Å². The van der Waals surface area contributed by atoms with E-state index in [1.807, 2.05) is 48.4 Å². The molecule has 132 valence electrons. The van der Waals surface area contributed by atoms with Crippen molar-refractivity contribution in [1.82, 2.24) is 9.47 Å². The first kappa shape index (κ1) is 16.7. The van der Waals surface area contributed by atoms with Crippen LogP contribution in [0.1, 0.15) is 29.8 Å². The van der Waals surface area contributed by atoms with Gasteiger partial charge in [-0.15, -0.1) is 0 Å². The van der Waals surface area contributed by atoms with Crippen molar-refractivity contribution in [1.29, 1.82) is 0 Å².